The Bertz CT molecular complexity index is 593. The van der Waals surface area contributed by atoms with Crippen LogP contribution in [0.15, 0.2) is 16.6 Å². The molecule has 0 fully saturated rings. The highest BCUT2D eigenvalue weighted by molar-refractivity contribution is 9.10. The van der Waals surface area contributed by atoms with Gasteiger partial charge in [0.25, 0.3) is 5.78 Å². The molecule has 1 aromatic carbocycles. The van der Waals surface area contributed by atoms with Crippen molar-refractivity contribution in [3.8, 4) is 5.75 Å². The molecule has 20 heavy (non-hydrogen) atoms. The summed E-state index contributed by atoms with van der Waals surface area (Å²) in [5.41, 5.74) is 1.05. The maximum Gasteiger partial charge on any atom is 0.375 e. The Kier molecular flexibility index (Phi) is 4.23. The molecule has 106 valence electrons. The second-order valence-corrected chi connectivity index (χ2v) is 5.36. The quantitative estimate of drug-likeness (QED) is 0.517. The standard InChI is InChI=1S/C14H13BrO5/c1-2-20-14(19)13(18)8-4-3-7-5-11(16)10(15)6-9(7)12(8)17/h5-6,8,16H,2-4H2,1H3. The monoisotopic (exact) mass is 340 g/mol. The number of rotatable bonds is 3. The fraction of sp³-hybridized carbons (Fsp3) is 0.357. The van der Waals surface area contributed by atoms with Gasteiger partial charge < -0.3 is 9.84 Å². The highest BCUT2D eigenvalue weighted by Crippen LogP contribution is 2.33. The van der Waals surface area contributed by atoms with E-state index in [4.69, 9.17) is 0 Å². The van der Waals surface area contributed by atoms with Crippen molar-refractivity contribution in [3.63, 3.8) is 0 Å². The second kappa shape index (κ2) is 5.75. The van der Waals surface area contributed by atoms with Gasteiger partial charge in [-0.05, 0) is 53.4 Å². The fourth-order valence-electron chi connectivity index (χ4n) is 2.25. The Balaban J connectivity index is 2.30. The van der Waals surface area contributed by atoms with Crippen LogP contribution in [0, 0.1) is 5.92 Å². The van der Waals surface area contributed by atoms with E-state index in [9.17, 15) is 19.5 Å². The van der Waals surface area contributed by atoms with Crippen LogP contribution in [0.5, 0.6) is 5.75 Å². The number of hydrogen-bond donors (Lipinski definition) is 1. The number of hydrogen-bond acceptors (Lipinski definition) is 5. The van der Waals surface area contributed by atoms with Gasteiger partial charge in [-0.2, -0.15) is 0 Å². The minimum absolute atomic E-state index is 0.0479. The molecule has 1 aliphatic carbocycles. The number of fused-ring (bicyclic) bond motifs is 1. The predicted molar refractivity (Wildman–Crippen MR) is 73.6 cm³/mol. The average Bonchev–Trinajstić information content (AvgIpc) is 2.41. The number of carbonyl (C=O) groups excluding carboxylic acids is 3. The van der Waals surface area contributed by atoms with Crippen LogP contribution in [0.25, 0.3) is 0 Å². The molecule has 0 spiro atoms. The SMILES string of the molecule is CCOC(=O)C(=O)C1CCc2cc(O)c(Br)cc2C1=O. The molecule has 0 saturated heterocycles. The average molecular weight is 341 g/mol. The number of ketones is 2. The summed E-state index contributed by atoms with van der Waals surface area (Å²) in [5.74, 6) is -3.10. The summed E-state index contributed by atoms with van der Waals surface area (Å²) in [6, 6.07) is 2.99. The smallest absolute Gasteiger partial charge is 0.375 e. The fourth-order valence-corrected chi connectivity index (χ4v) is 2.60. The number of aryl methyl sites for hydroxylation is 1. The van der Waals surface area contributed by atoms with Crippen molar-refractivity contribution in [3.05, 3.63) is 27.7 Å². The first kappa shape index (κ1) is 14.7. The zero-order chi connectivity index (χ0) is 14.9. The van der Waals surface area contributed by atoms with E-state index < -0.39 is 23.5 Å². The van der Waals surface area contributed by atoms with E-state index >= 15 is 0 Å². The molecule has 6 heteroatoms. The van der Waals surface area contributed by atoms with Gasteiger partial charge in [-0.15, -0.1) is 0 Å². The van der Waals surface area contributed by atoms with Crippen LogP contribution < -0.4 is 0 Å². The zero-order valence-electron chi connectivity index (χ0n) is 10.8. The number of esters is 1. The Morgan fingerprint density at radius 2 is 2.15 bits per heavy atom. The highest BCUT2D eigenvalue weighted by Gasteiger charge is 2.37. The Morgan fingerprint density at radius 3 is 2.80 bits per heavy atom. The van der Waals surface area contributed by atoms with E-state index in [0.717, 1.165) is 0 Å². The van der Waals surface area contributed by atoms with Crippen molar-refractivity contribution in [2.75, 3.05) is 6.61 Å². The van der Waals surface area contributed by atoms with Crippen LogP contribution in [-0.2, 0) is 20.7 Å². The molecule has 2 rings (SSSR count). The molecule has 0 radical (unpaired) electrons. The van der Waals surface area contributed by atoms with Crippen LogP contribution >= 0.6 is 15.9 Å². The van der Waals surface area contributed by atoms with Gasteiger partial charge >= 0.3 is 5.97 Å². The minimum atomic E-state index is -0.988. The van der Waals surface area contributed by atoms with E-state index in [1.165, 1.54) is 12.1 Å². The van der Waals surface area contributed by atoms with Gasteiger partial charge in [0.1, 0.15) is 5.75 Å². The number of halogens is 1. The van der Waals surface area contributed by atoms with Crippen molar-refractivity contribution >= 4 is 33.5 Å². The van der Waals surface area contributed by atoms with Crippen molar-refractivity contribution in [1.82, 2.24) is 0 Å². The van der Waals surface area contributed by atoms with Crippen LogP contribution in [0.2, 0.25) is 0 Å². The van der Waals surface area contributed by atoms with Crippen LogP contribution in [0.1, 0.15) is 29.3 Å². The first-order valence-electron chi connectivity index (χ1n) is 6.22. The maximum atomic E-state index is 12.3. The maximum absolute atomic E-state index is 12.3. The summed E-state index contributed by atoms with van der Waals surface area (Å²) < 4.78 is 5.03. The van der Waals surface area contributed by atoms with E-state index in [2.05, 4.69) is 20.7 Å². The number of carbonyl (C=O) groups is 3. The van der Waals surface area contributed by atoms with Crippen molar-refractivity contribution in [1.29, 1.82) is 0 Å². The number of phenols is 1. The number of phenolic OH excluding ortho intramolecular Hbond substituents is 1. The lowest BCUT2D eigenvalue weighted by atomic mass is 9.80. The molecule has 1 atom stereocenters. The Labute approximate surface area is 124 Å². The third kappa shape index (κ3) is 2.60. The summed E-state index contributed by atoms with van der Waals surface area (Å²) in [7, 11) is 0. The molecule has 1 aliphatic rings. The molecule has 0 aromatic heterocycles. The van der Waals surface area contributed by atoms with Gasteiger partial charge in [0.2, 0.25) is 0 Å². The highest BCUT2D eigenvalue weighted by atomic mass is 79.9. The molecule has 5 nitrogen and oxygen atoms in total. The molecule has 0 heterocycles. The summed E-state index contributed by atoms with van der Waals surface area (Å²) in [6.45, 7) is 1.70. The molecule has 1 N–H and O–H groups in total. The molecule has 1 aromatic rings. The van der Waals surface area contributed by atoms with Crippen molar-refractivity contribution in [2.45, 2.75) is 19.8 Å². The normalized spacial score (nSPS) is 17.5. The van der Waals surface area contributed by atoms with Gasteiger partial charge in [-0.3, -0.25) is 9.59 Å². The lowest BCUT2D eigenvalue weighted by Crippen LogP contribution is -2.35. The van der Waals surface area contributed by atoms with E-state index in [-0.39, 0.29) is 18.8 Å². The lowest BCUT2D eigenvalue weighted by molar-refractivity contribution is -0.154. The van der Waals surface area contributed by atoms with Crippen LogP contribution in [0.4, 0.5) is 0 Å². The van der Waals surface area contributed by atoms with Gasteiger partial charge in [0.05, 0.1) is 17.0 Å². The summed E-state index contributed by atoms with van der Waals surface area (Å²) in [4.78, 5) is 35.7. The minimum Gasteiger partial charge on any atom is -0.507 e. The third-order valence-corrected chi connectivity index (χ3v) is 3.89. The molecule has 0 bridgehead atoms. The van der Waals surface area contributed by atoms with Crippen LogP contribution in [0.3, 0.4) is 0 Å². The lowest BCUT2D eigenvalue weighted by Gasteiger charge is -2.22. The topological polar surface area (TPSA) is 80.7 Å². The summed E-state index contributed by atoms with van der Waals surface area (Å²) in [5, 5.41) is 9.60. The van der Waals surface area contributed by atoms with Gasteiger partial charge in [-0.1, -0.05) is 0 Å². The van der Waals surface area contributed by atoms with Crippen molar-refractivity contribution in [2.24, 2.45) is 5.92 Å². The van der Waals surface area contributed by atoms with E-state index in [1.54, 1.807) is 6.92 Å². The number of ether oxygens (including phenoxy) is 1. The van der Waals surface area contributed by atoms with Crippen molar-refractivity contribution < 1.29 is 24.2 Å². The van der Waals surface area contributed by atoms with Crippen LogP contribution in [-0.4, -0.2) is 29.2 Å². The molecule has 0 aliphatic heterocycles. The molecule has 0 amide bonds. The summed E-state index contributed by atoms with van der Waals surface area (Å²) >= 11 is 3.13. The molecular formula is C14H13BrO5. The van der Waals surface area contributed by atoms with Gasteiger partial charge in [0.15, 0.2) is 5.78 Å². The first-order valence-corrected chi connectivity index (χ1v) is 7.01. The molecule has 0 saturated carbocycles. The Morgan fingerprint density at radius 1 is 1.45 bits per heavy atom. The third-order valence-electron chi connectivity index (χ3n) is 3.25. The van der Waals surface area contributed by atoms with E-state index in [0.29, 0.717) is 22.0 Å². The number of Topliss-reactive ketones (excluding diaryl/α,β-unsaturated/α-hetero) is 2. The van der Waals surface area contributed by atoms with Gasteiger partial charge in [0, 0.05) is 5.56 Å². The molecule has 1 unspecified atom stereocenters. The number of aromatic hydroxyl groups is 1. The van der Waals surface area contributed by atoms with Gasteiger partial charge in [-0.25, -0.2) is 4.79 Å². The predicted octanol–water partition coefficient (Wildman–Crippen LogP) is 2.03. The Hall–Kier alpha value is -1.69. The largest absolute Gasteiger partial charge is 0.507 e. The first-order chi connectivity index (χ1) is 9.45. The second-order valence-electron chi connectivity index (χ2n) is 4.50. The van der Waals surface area contributed by atoms with E-state index in [1.807, 2.05) is 0 Å². The zero-order valence-corrected chi connectivity index (χ0v) is 12.4. The summed E-state index contributed by atoms with van der Waals surface area (Å²) in [6.07, 6.45) is 0.711. The number of benzene rings is 1. The molecular weight excluding hydrogens is 328 g/mol.